The number of aromatic nitrogens is 2. The van der Waals surface area contributed by atoms with E-state index < -0.39 is 0 Å². The van der Waals surface area contributed by atoms with Crippen molar-refractivity contribution in [2.24, 2.45) is 5.92 Å². The maximum Gasteiger partial charge on any atom is 0.227 e. The largest absolute Gasteiger partial charge is 0.321 e. The fourth-order valence-electron chi connectivity index (χ4n) is 1.33. The second-order valence-corrected chi connectivity index (χ2v) is 4.05. The molecule has 1 aromatic heterocycles. The number of nitrogens with zero attached hydrogens (tertiary/aromatic N) is 2. The van der Waals surface area contributed by atoms with Gasteiger partial charge in [-0.2, -0.15) is 0 Å². The fraction of sp³-hybridized carbons (Fsp3) is 0.500. The van der Waals surface area contributed by atoms with E-state index in [1.54, 1.807) is 0 Å². The molecule has 1 aromatic rings. The van der Waals surface area contributed by atoms with Gasteiger partial charge in [0.25, 0.3) is 0 Å². The maximum atomic E-state index is 11.8. The lowest BCUT2D eigenvalue weighted by Crippen LogP contribution is -2.22. The van der Waals surface area contributed by atoms with E-state index in [0.717, 1.165) is 12.8 Å². The lowest BCUT2D eigenvalue weighted by atomic mass is 10.0. The molecule has 0 bridgehead atoms. The summed E-state index contributed by atoms with van der Waals surface area (Å²) in [6.45, 7) is 3.91. The van der Waals surface area contributed by atoms with Crippen molar-refractivity contribution in [3.63, 3.8) is 0 Å². The third-order valence-electron chi connectivity index (χ3n) is 2.36. The Labute approximate surface area is 104 Å². The van der Waals surface area contributed by atoms with E-state index >= 15 is 0 Å². The minimum absolute atomic E-state index is 0.0488. The first kappa shape index (κ1) is 13.2. The minimum atomic E-state index is -0.108. The summed E-state index contributed by atoms with van der Waals surface area (Å²) in [5.74, 6) is -0.157. The number of rotatable bonds is 4. The van der Waals surface area contributed by atoms with Crippen molar-refractivity contribution in [3.05, 3.63) is 16.6 Å². The van der Waals surface area contributed by atoms with Crippen LogP contribution in [0, 0.1) is 5.92 Å². The van der Waals surface area contributed by atoms with Gasteiger partial charge in [-0.15, -0.1) is 0 Å². The molecule has 1 heterocycles. The van der Waals surface area contributed by atoms with Crippen molar-refractivity contribution in [2.75, 3.05) is 5.32 Å². The molecule has 6 heteroatoms. The van der Waals surface area contributed by atoms with Crippen LogP contribution in [0.15, 0.2) is 6.33 Å². The Hall–Kier alpha value is -0.870. The molecule has 0 atom stereocenters. The standard InChI is InChI=1S/C10H13Cl2N3O/c1-3-6(4-2)10(16)15-7-8(11)13-5-14-9(7)12/h5-6H,3-4H2,1-2H3,(H,15,16). The van der Waals surface area contributed by atoms with Gasteiger partial charge in [-0.1, -0.05) is 37.0 Å². The van der Waals surface area contributed by atoms with Gasteiger partial charge in [0, 0.05) is 5.92 Å². The van der Waals surface area contributed by atoms with E-state index in [9.17, 15) is 4.79 Å². The van der Waals surface area contributed by atoms with Crippen molar-refractivity contribution >= 4 is 34.8 Å². The highest BCUT2D eigenvalue weighted by molar-refractivity contribution is 6.38. The lowest BCUT2D eigenvalue weighted by molar-refractivity contribution is -0.120. The molecule has 0 aromatic carbocycles. The van der Waals surface area contributed by atoms with Gasteiger partial charge >= 0.3 is 0 Å². The molecule has 0 saturated heterocycles. The van der Waals surface area contributed by atoms with E-state index in [0.29, 0.717) is 0 Å². The van der Waals surface area contributed by atoms with Crippen LogP contribution in [-0.4, -0.2) is 15.9 Å². The molecule has 16 heavy (non-hydrogen) atoms. The minimum Gasteiger partial charge on any atom is -0.321 e. The molecule has 0 aliphatic carbocycles. The smallest absolute Gasteiger partial charge is 0.227 e. The molecular weight excluding hydrogens is 249 g/mol. The average Bonchev–Trinajstić information content (AvgIpc) is 2.25. The lowest BCUT2D eigenvalue weighted by Gasteiger charge is -2.13. The molecule has 0 saturated carbocycles. The number of hydrogen-bond acceptors (Lipinski definition) is 3. The number of nitrogens with one attached hydrogen (secondary N) is 1. The molecule has 0 spiro atoms. The zero-order valence-electron chi connectivity index (χ0n) is 9.13. The van der Waals surface area contributed by atoms with Crippen LogP contribution in [-0.2, 0) is 4.79 Å². The van der Waals surface area contributed by atoms with E-state index in [1.807, 2.05) is 13.8 Å². The number of carbonyl (C=O) groups is 1. The first-order chi connectivity index (χ1) is 7.60. The Morgan fingerprint density at radius 2 is 1.81 bits per heavy atom. The first-order valence-corrected chi connectivity index (χ1v) is 5.82. The maximum absolute atomic E-state index is 11.8. The van der Waals surface area contributed by atoms with Gasteiger partial charge in [0.05, 0.1) is 0 Å². The van der Waals surface area contributed by atoms with E-state index in [1.165, 1.54) is 6.33 Å². The molecular formula is C10H13Cl2N3O. The summed E-state index contributed by atoms with van der Waals surface area (Å²) in [7, 11) is 0. The van der Waals surface area contributed by atoms with Crippen LogP contribution in [0.25, 0.3) is 0 Å². The van der Waals surface area contributed by atoms with Crippen LogP contribution in [0.4, 0.5) is 5.69 Å². The predicted molar refractivity (Wildman–Crippen MR) is 64.8 cm³/mol. The first-order valence-electron chi connectivity index (χ1n) is 5.07. The van der Waals surface area contributed by atoms with Gasteiger partial charge in [-0.3, -0.25) is 4.79 Å². The molecule has 1 N–H and O–H groups in total. The summed E-state index contributed by atoms with van der Waals surface area (Å²) in [5.41, 5.74) is 0.280. The van der Waals surface area contributed by atoms with Crippen LogP contribution in [0.5, 0.6) is 0 Å². The SMILES string of the molecule is CCC(CC)C(=O)Nc1c(Cl)ncnc1Cl. The van der Waals surface area contributed by atoms with Crippen LogP contribution in [0.2, 0.25) is 10.3 Å². The van der Waals surface area contributed by atoms with Gasteiger partial charge in [-0.25, -0.2) is 9.97 Å². The second kappa shape index (κ2) is 6.01. The molecule has 0 radical (unpaired) electrons. The number of halogens is 2. The highest BCUT2D eigenvalue weighted by Crippen LogP contribution is 2.26. The summed E-state index contributed by atoms with van der Waals surface area (Å²) in [5, 5.41) is 2.96. The molecule has 1 amide bonds. The Morgan fingerprint density at radius 1 is 1.31 bits per heavy atom. The van der Waals surface area contributed by atoms with Crippen molar-refractivity contribution < 1.29 is 4.79 Å². The summed E-state index contributed by atoms with van der Waals surface area (Å²) in [6.07, 6.45) is 2.79. The second-order valence-electron chi connectivity index (χ2n) is 3.33. The Balaban J connectivity index is 2.84. The summed E-state index contributed by atoms with van der Waals surface area (Å²) < 4.78 is 0. The van der Waals surface area contributed by atoms with Gasteiger partial charge in [-0.05, 0) is 12.8 Å². The van der Waals surface area contributed by atoms with E-state index in [-0.39, 0.29) is 27.8 Å². The van der Waals surface area contributed by atoms with Crippen molar-refractivity contribution in [1.82, 2.24) is 9.97 Å². The van der Waals surface area contributed by atoms with Crippen LogP contribution >= 0.6 is 23.2 Å². The molecule has 0 unspecified atom stereocenters. The molecule has 0 aliphatic rings. The van der Waals surface area contributed by atoms with Crippen LogP contribution < -0.4 is 5.32 Å². The van der Waals surface area contributed by atoms with Gasteiger partial charge in [0.2, 0.25) is 5.91 Å². The highest BCUT2D eigenvalue weighted by atomic mass is 35.5. The molecule has 0 aliphatic heterocycles. The number of hydrogen-bond donors (Lipinski definition) is 1. The van der Waals surface area contributed by atoms with Gasteiger partial charge < -0.3 is 5.32 Å². The van der Waals surface area contributed by atoms with Crippen molar-refractivity contribution in [3.8, 4) is 0 Å². The Kier molecular flexibility index (Phi) is 4.96. The van der Waals surface area contributed by atoms with Gasteiger partial charge in [0.15, 0.2) is 10.3 Å². The number of carbonyl (C=O) groups excluding carboxylic acids is 1. The Morgan fingerprint density at radius 3 is 2.25 bits per heavy atom. The van der Waals surface area contributed by atoms with E-state index in [4.69, 9.17) is 23.2 Å². The molecule has 88 valence electrons. The van der Waals surface area contributed by atoms with Crippen LogP contribution in [0.3, 0.4) is 0 Å². The summed E-state index contributed by atoms with van der Waals surface area (Å²) in [6, 6.07) is 0. The monoisotopic (exact) mass is 261 g/mol. The summed E-state index contributed by atoms with van der Waals surface area (Å²) >= 11 is 11.6. The van der Waals surface area contributed by atoms with E-state index in [2.05, 4.69) is 15.3 Å². The number of amides is 1. The Bertz CT molecular complexity index is 360. The predicted octanol–water partition coefficient (Wildman–Crippen LogP) is 3.16. The zero-order valence-corrected chi connectivity index (χ0v) is 10.6. The third-order valence-corrected chi connectivity index (χ3v) is 2.93. The number of anilines is 1. The van der Waals surface area contributed by atoms with Crippen molar-refractivity contribution in [2.45, 2.75) is 26.7 Å². The van der Waals surface area contributed by atoms with Gasteiger partial charge in [0.1, 0.15) is 12.0 Å². The zero-order chi connectivity index (χ0) is 12.1. The summed E-state index contributed by atoms with van der Waals surface area (Å²) in [4.78, 5) is 19.3. The highest BCUT2D eigenvalue weighted by Gasteiger charge is 2.17. The quantitative estimate of drug-likeness (QED) is 0.848. The molecule has 1 rings (SSSR count). The topological polar surface area (TPSA) is 54.9 Å². The third kappa shape index (κ3) is 3.06. The average molecular weight is 262 g/mol. The van der Waals surface area contributed by atoms with Crippen molar-refractivity contribution in [1.29, 1.82) is 0 Å². The van der Waals surface area contributed by atoms with Crippen LogP contribution in [0.1, 0.15) is 26.7 Å². The fourth-order valence-corrected chi connectivity index (χ4v) is 1.74. The molecule has 0 fully saturated rings. The molecule has 4 nitrogen and oxygen atoms in total. The normalized spacial score (nSPS) is 10.6.